The summed E-state index contributed by atoms with van der Waals surface area (Å²) < 4.78 is 0. The van der Waals surface area contributed by atoms with E-state index in [1.807, 2.05) is 6.07 Å². The van der Waals surface area contributed by atoms with Crippen molar-refractivity contribution in [2.24, 2.45) is 5.92 Å². The Balaban J connectivity index is 2.28. The minimum Gasteiger partial charge on any atom is -0.504 e. The number of hydrogen-bond acceptors (Lipinski definition) is 3. The predicted molar refractivity (Wildman–Crippen MR) is 54.3 cm³/mol. The summed E-state index contributed by atoms with van der Waals surface area (Å²) in [5, 5.41) is 21.9. The lowest BCUT2D eigenvalue weighted by atomic mass is 9.96. The number of nitrogens with one attached hydrogen (secondary N) is 1. The summed E-state index contributed by atoms with van der Waals surface area (Å²) in [4.78, 5) is 0. The first-order chi connectivity index (χ1) is 6.68. The third-order valence-corrected chi connectivity index (χ3v) is 2.89. The topological polar surface area (TPSA) is 52.5 Å². The van der Waals surface area contributed by atoms with Gasteiger partial charge in [0, 0.05) is 6.04 Å². The summed E-state index contributed by atoms with van der Waals surface area (Å²) >= 11 is 0. The van der Waals surface area contributed by atoms with Crippen molar-refractivity contribution in [2.75, 3.05) is 6.54 Å². The Morgan fingerprint density at radius 3 is 2.64 bits per heavy atom. The third kappa shape index (κ3) is 1.55. The van der Waals surface area contributed by atoms with Crippen molar-refractivity contribution in [1.82, 2.24) is 5.32 Å². The van der Waals surface area contributed by atoms with Gasteiger partial charge < -0.3 is 15.5 Å². The summed E-state index contributed by atoms with van der Waals surface area (Å²) in [6.45, 7) is 3.21. The molecular formula is C11H15NO2. The molecule has 2 rings (SSSR count). The maximum Gasteiger partial charge on any atom is 0.157 e. The maximum atomic E-state index is 9.37. The van der Waals surface area contributed by atoms with Crippen molar-refractivity contribution in [3.05, 3.63) is 23.8 Å². The van der Waals surface area contributed by atoms with Crippen LogP contribution in [0.4, 0.5) is 0 Å². The van der Waals surface area contributed by atoms with Crippen LogP contribution in [0.15, 0.2) is 18.2 Å². The Bertz CT molecular complexity index is 338. The Morgan fingerprint density at radius 1 is 1.29 bits per heavy atom. The lowest BCUT2D eigenvalue weighted by molar-refractivity contribution is 0.401. The standard InChI is InChI=1S/C11H15NO2/c1-7-4-5-12-11(7)8-2-3-9(13)10(14)6-8/h2-3,6-7,11-14H,4-5H2,1H3/t7-,11-/m0/s1. The van der Waals surface area contributed by atoms with Crippen molar-refractivity contribution in [3.63, 3.8) is 0 Å². The monoisotopic (exact) mass is 193 g/mol. The van der Waals surface area contributed by atoms with E-state index in [1.54, 1.807) is 6.07 Å². The average molecular weight is 193 g/mol. The molecule has 1 aliphatic rings. The number of rotatable bonds is 1. The molecule has 14 heavy (non-hydrogen) atoms. The van der Waals surface area contributed by atoms with Gasteiger partial charge in [0.2, 0.25) is 0 Å². The largest absolute Gasteiger partial charge is 0.504 e. The van der Waals surface area contributed by atoms with Crippen LogP contribution in [-0.4, -0.2) is 16.8 Å². The molecule has 0 aliphatic carbocycles. The molecule has 1 aliphatic heterocycles. The first-order valence-corrected chi connectivity index (χ1v) is 4.94. The van der Waals surface area contributed by atoms with E-state index in [0.717, 1.165) is 18.5 Å². The van der Waals surface area contributed by atoms with Crippen LogP contribution in [0.5, 0.6) is 11.5 Å². The normalized spacial score (nSPS) is 26.6. The maximum absolute atomic E-state index is 9.37. The minimum atomic E-state index is -0.0561. The Morgan fingerprint density at radius 2 is 2.07 bits per heavy atom. The average Bonchev–Trinajstić information content (AvgIpc) is 2.57. The highest BCUT2D eigenvalue weighted by molar-refractivity contribution is 5.41. The van der Waals surface area contributed by atoms with E-state index in [9.17, 15) is 10.2 Å². The zero-order valence-corrected chi connectivity index (χ0v) is 8.20. The molecular weight excluding hydrogens is 178 g/mol. The van der Waals surface area contributed by atoms with Crippen molar-refractivity contribution in [1.29, 1.82) is 0 Å². The highest BCUT2D eigenvalue weighted by Gasteiger charge is 2.24. The summed E-state index contributed by atoms with van der Waals surface area (Å²) in [5.41, 5.74) is 1.05. The molecule has 1 aromatic rings. The van der Waals surface area contributed by atoms with Crippen molar-refractivity contribution in [2.45, 2.75) is 19.4 Å². The Labute approximate surface area is 83.4 Å². The summed E-state index contributed by atoms with van der Waals surface area (Å²) in [6.07, 6.45) is 1.16. The molecule has 0 spiro atoms. The van der Waals surface area contributed by atoms with Crippen LogP contribution in [0.25, 0.3) is 0 Å². The second-order valence-electron chi connectivity index (χ2n) is 3.95. The molecule has 1 saturated heterocycles. The van der Waals surface area contributed by atoms with Crippen LogP contribution in [0.2, 0.25) is 0 Å². The highest BCUT2D eigenvalue weighted by atomic mass is 16.3. The number of benzene rings is 1. The summed E-state index contributed by atoms with van der Waals surface area (Å²) in [7, 11) is 0. The fourth-order valence-corrected chi connectivity index (χ4v) is 2.01. The molecule has 1 heterocycles. The predicted octanol–water partition coefficient (Wildman–Crippen LogP) is 1.77. The van der Waals surface area contributed by atoms with E-state index in [0.29, 0.717) is 12.0 Å². The molecule has 0 saturated carbocycles. The van der Waals surface area contributed by atoms with Crippen LogP contribution in [0, 0.1) is 5.92 Å². The molecule has 0 unspecified atom stereocenters. The third-order valence-electron chi connectivity index (χ3n) is 2.89. The van der Waals surface area contributed by atoms with Gasteiger partial charge in [0.15, 0.2) is 11.5 Å². The van der Waals surface area contributed by atoms with Gasteiger partial charge in [-0.2, -0.15) is 0 Å². The quantitative estimate of drug-likeness (QED) is 0.596. The van der Waals surface area contributed by atoms with Gasteiger partial charge in [-0.3, -0.25) is 0 Å². The van der Waals surface area contributed by atoms with Crippen LogP contribution < -0.4 is 5.32 Å². The fourth-order valence-electron chi connectivity index (χ4n) is 2.01. The molecule has 3 nitrogen and oxygen atoms in total. The smallest absolute Gasteiger partial charge is 0.157 e. The molecule has 0 aromatic heterocycles. The van der Waals surface area contributed by atoms with E-state index >= 15 is 0 Å². The molecule has 1 fully saturated rings. The minimum absolute atomic E-state index is 0.0385. The summed E-state index contributed by atoms with van der Waals surface area (Å²) in [5.74, 6) is 0.488. The molecule has 3 heteroatoms. The van der Waals surface area contributed by atoms with Gasteiger partial charge in [-0.15, -0.1) is 0 Å². The van der Waals surface area contributed by atoms with E-state index in [-0.39, 0.29) is 11.5 Å². The Kier molecular flexibility index (Phi) is 2.33. The molecule has 0 amide bonds. The van der Waals surface area contributed by atoms with E-state index in [2.05, 4.69) is 12.2 Å². The van der Waals surface area contributed by atoms with Crippen LogP contribution in [0.3, 0.4) is 0 Å². The Hall–Kier alpha value is -1.22. The van der Waals surface area contributed by atoms with Crippen LogP contribution >= 0.6 is 0 Å². The van der Waals surface area contributed by atoms with Gasteiger partial charge in [-0.25, -0.2) is 0 Å². The zero-order valence-electron chi connectivity index (χ0n) is 8.20. The van der Waals surface area contributed by atoms with Gasteiger partial charge in [-0.1, -0.05) is 13.0 Å². The van der Waals surface area contributed by atoms with Crippen LogP contribution in [0.1, 0.15) is 24.9 Å². The van der Waals surface area contributed by atoms with Gasteiger partial charge >= 0.3 is 0 Å². The number of phenolic OH excluding ortho intramolecular Hbond substituents is 2. The van der Waals surface area contributed by atoms with E-state index in [1.165, 1.54) is 6.07 Å². The van der Waals surface area contributed by atoms with Crippen LogP contribution in [-0.2, 0) is 0 Å². The molecule has 1 aromatic carbocycles. The lowest BCUT2D eigenvalue weighted by Crippen LogP contribution is -2.16. The number of hydrogen-bond donors (Lipinski definition) is 3. The van der Waals surface area contributed by atoms with Crippen molar-refractivity contribution >= 4 is 0 Å². The summed E-state index contributed by atoms with van der Waals surface area (Å²) in [6, 6.07) is 5.34. The van der Waals surface area contributed by atoms with E-state index < -0.39 is 0 Å². The molecule has 2 atom stereocenters. The SMILES string of the molecule is C[C@H]1CCN[C@@H]1c1ccc(O)c(O)c1. The second-order valence-corrected chi connectivity index (χ2v) is 3.95. The van der Waals surface area contributed by atoms with Gasteiger partial charge in [0.05, 0.1) is 0 Å². The van der Waals surface area contributed by atoms with E-state index in [4.69, 9.17) is 0 Å². The number of phenols is 2. The molecule has 0 radical (unpaired) electrons. The molecule has 3 N–H and O–H groups in total. The van der Waals surface area contributed by atoms with Gasteiger partial charge in [-0.05, 0) is 36.6 Å². The lowest BCUT2D eigenvalue weighted by Gasteiger charge is -2.16. The van der Waals surface area contributed by atoms with Gasteiger partial charge in [0.25, 0.3) is 0 Å². The zero-order chi connectivity index (χ0) is 10.1. The van der Waals surface area contributed by atoms with Crippen molar-refractivity contribution in [3.8, 4) is 11.5 Å². The highest BCUT2D eigenvalue weighted by Crippen LogP contribution is 2.33. The van der Waals surface area contributed by atoms with Gasteiger partial charge in [0.1, 0.15) is 0 Å². The first-order valence-electron chi connectivity index (χ1n) is 4.94. The first kappa shape index (κ1) is 9.34. The van der Waals surface area contributed by atoms with Crippen molar-refractivity contribution < 1.29 is 10.2 Å². The number of aromatic hydroxyl groups is 2. The molecule has 76 valence electrons. The second kappa shape index (κ2) is 3.50. The fraction of sp³-hybridized carbons (Fsp3) is 0.455. The molecule has 0 bridgehead atoms.